The van der Waals surface area contributed by atoms with Gasteiger partial charge in [-0.05, 0) is 43.2 Å². The number of halogens is 1. The quantitative estimate of drug-likeness (QED) is 0.768. The maximum atomic E-state index is 14.2. The topological polar surface area (TPSA) is 33.1 Å². The molecule has 21 heavy (non-hydrogen) atoms. The van der Waals surface area contributed by atoms with Crippen molar-refractivity contribution in [2.75, 3.05) is 0 Å². The van der Waals surface area contributed by atoms with E-state index in [0.717, 1.165) is 22.0 Å². The van der Waals surface area contributed by atoms with Crippen molar-refractivity contribution in [2.24, 2.45) is 0 Å². The fourth-order valence-corrected chi connectivity index (χ4v) is 2.66. The first kappa shape index (κ1) is 13.7. The predicted molar refractivity (Wildman–Crippen MR) is 81.7 cm³/mol. The van der Waals surface area contributed by atoms with E-state index in [0.29, 0.717) is 11.3 Å². The van der Waals surface area contributed by atoms with Gasteiger partial charge in [0.2, 0.25) is 0 Å². The Morgan fingerprint density at radius 2 is 1.81 bits per heavy atom. The highest BCUT2D eigenvalue weighted by Crippen LogP contribution is 2.28. The van der Waals surface area contributed by atoms with Crippen LogP contribution in [0.2, 0.25) is 0 Å². The average molecular weight is 281 g/mol. The van der Waals surface area contributed by atoms with Gasteiger partial charge in [0.25, 0.3) is 0 Å². The maximum absolute atomic E-state index is 14.2. The molecule has 1 aromatic heterocycles. The second-order valence-electron chi connectivity index (χ2n) is 5.31. The highest BCUT2D eigenvalue weighted by atomic mass is 19.1. The van der Waals surface area contributed by atoms with Gasteiger partial charge in [0.1, 0.15) is 11.9 Å². The molecule has 0 spiro atoms. The minimum atomic E-state index is -1.06. The highest BCUT2D eigenvalue weighted by Gasteiger charge is 2.19. The van der Waals surface area contributed by atoms with Gasteiger partial charge < -0.3 is 5.11 Å². The number of nitrogens with zero attached hydrogens (tertiary/aromatic N) is 1. The minimum Gasteiger partial charge on any atom is -0.382 e. The van der Waals surface area contributed by atoms with Crippen LogP contribution in [0.5, 0.6) is 0 Å². The Hall–Kier alpha value is -2.26. The molecule has 0 fully saturated rings. The summed E-state index contributed by atoms with van der Waals surface area (Å²) in [5, 5.41) is 11.5. The Kier molecular flexibility index (Phi) is 3.43. The lowest BCUT2D eigenvalue weighted by molar-refractivity contribution is 0.209. The molecule has 1 atom stereocenters. The molecule has 0 aliphatic rings. The van der Waals surface area contributed by atoms with Crippen LogP contribution in [0.25, 0.3) is 10.9 Å². The first-order chi connectivity index (χ1) is 10.1. The minimum absolute atomic E-state index is 0.295. The second-order valence-corrected chi connectivity index (χ2v) is 5.31. The average Bonchev–Trinajstić information content (AvgIpc) is 2.45. The van der Waals surface area contributed by atoms with Gasteiger partial charge in [0.05, 0.1) is 11.2 Å². The lowest BCUT2D eigenvalue weighted by Gasteiger charge is -2.15. The molecule has 0 bridgehead atoms. The number of hydrogen-bond donors (Lipinski definition) is 1. The van der Waals surface area contributed by atoms with Crippen LogP contribution in [-0.4, -0.2) is 10.1 Å². The molecule has 1 N–H and O–H groups in total. The summed E-state index contributed by atoms with van der Waals surface area (Å²) in [6.45, 7) is 3.64. The second kappa shape index (κ2) is 5.26. The fraction of sp³-hybridized carbons (Fsp3) is 0.167. The third-order valence-corrected chi connectivity index (χ3v) is 3.65. The van der Waals surface area contributed by atoms with E-state index < -0.39 is 11.9 Å². The van der Waals surface area contributed by atoms with Crippen molar-refractivity contribution >= 4 is 10.9 Å². The summed E-state index contributed by atoms with van der Waals surface area (Å²) < 4.78 is 14.2. The number of pyridine rings is 1. The molecule has 1 unspecified atom stereocenters. The molecular formula is C18H16FNO. The Balaban J connectivity index is 2.10. The van der Waals surface area contributed by atoms with E-state index in [4.69, 9.17) is 0 Å². The Labute approximate surface area is 122 Å². The van der Waals surface area contributed by atoms with Gasteiger partial charge in [-0.1, -0.05) is 30.3 Å². The van der Waals surface area contributed by atoms with Crippen molar-refractivity contribution < 1.29 is 9.50 Å². The SMILES string of the molecule is Cc1cc(C)c(C(O)c2ccc3ccccc3n2)c(F)c1. The molecular weight excluding hydrogens is 265 g/mol. The Morgan fingerprint density at radius 3 is 2.57 bits per heavy atom. The first-order valence-electron chi connectivity index (χ1n) is 6.86. The molecule has 0 aliphatic carbocycles. The molecule has 0 radical (unpaired) electrons. The summed E-state index contributed by atoms with van der Waals surface area (Å²) in [5.41, 5.74) is 3.12. The molecule has 3 rings (SSSR count). The van der Waals surface area contributed by atoms with Crippen molar-refractivity contribution in [3.8, 4) is 0 Å². The van der Waals surface area contributed by atoms with Crippen molar-refractivity contribution in [2.45, 2.75) is 20.0 Å². The molecule has 3 aromatic rings. The molecule has 0 aliphatic heterocycles. The lowest BCUT2D eigenvalue weighted by Crippen LogP contribution is -2.07. The number of benzene rings is 2. The number of rotatable bonds is 2. The summed E-state index contributed by atoms with van der Waals surface area (Å²) in [7, 11) is 0. The van der Waals surface area contributed by atoms with E-state index >= 15 is 0 Å². The zero-order chi connectivity index (χ0) is 15.0. The van der Waals surface area contributed by atoms with Crippen LogP contribution in [0.3, 0.4) is 0 Å². The Bertz CT molecular complexity index is 790. The van der Waals surface area contributed by atoms with Gasteiger partial charge in [-0.25, -0.2) is 9.37 Å². The van der Waals surface area contributed by atoms with Crippen molar-refractivity contribution in [3.05, 3.63) is 76.7 Å². The molecule has 2 nitrogen and oxygen atoms in total. The monoisotopic (exact) mass is 281 g/mol. The van der Waals surface area contributed by atoms with Gasteiger partial charge in [0, 0.05) is 10.9 Å². The van der Waals surface area contributed by atoms with Gasteiger partial charge in [0.15, 0.2) is 0 Å². The summed E-state index contributed by atoms with van der Waals surface area (Å²) >= 11 is 0. The largest absolute Gasteiger partial charge is 0.382 e. The first-order valence-corrected chi connectivity index (χ1v) is 6.86. The highest BCUT2D eigenvalue weighted by molar-refractivity contribution is 5.78. The van der Waals surface area contributed by atoms with Crippen molar-refractivity contribution in [1.29, 1.82) is 0 Å². The normalized spacial score (nSPS) is 12.6. The van der Waals surface area contributed by atoms with E-state index in [2.05, 4.69) is 4.98 Å². The van der Waals surface area contributed by atoms with Crippen LogP contribution in [0, 0.1) is 19.7 Å². The third-order valence-electron chi connectivity index (χ3n) is 3.65. The zero-order valence-electron chi connectivity index (χ0n) is 12.0. The van der Waals surface area contributed by atoms with Crippen molar-refractivity contribution in [3.63, 3.8) is 0 Å². The van der Waals surface area contributed by atoms with Crippen LogP contribution in [-0.2, 0) is 0 Å². The van der Waals surface area contributed by atoms with Crippen LogP contribution in [0.4, 0.5) is 4.39 Å². The molecule has 0 saturated carbocycles. The number of aryl methyl sites for hydroxylation is 2. The predicted octanol–water partition coefficient (Wildman–Crippen LogP) is 4.07. The summed E-state index contributed by atoms with van der Waals surface area (Å²) in [6, 6.07) is 14.6. The van der Waals surface area contributed by atoms with Crippen LogP contribution < -0.4 is 0 Å². The third kappa shape index (κ3) is 2.52. The fourth-order valence-electron chi connectivity index (χ4n) is 2.66. The number of hydrogen-bond acceptors (Lipinski definition) is 2. The number of para-hydroxylation sites is 1. The van der Waals surface area contributed by atoms with E-state index in [1.165, 1.54) is 6.07 Å². The Morgan fingerprint density at radius 1 is 1.05 bits per heavy atom. The van der Waals surface area contributed by atoms with Gasteiger partial charge in [-0.3, -0.25) is 0 Å². The summed E-state index contributed by atoms with van der Waals surface area (Å²) in [4.78, 5) is 4.44. The van der Waals surface area contributed by atoms with Crippen LogP contribution in [0.15, 0.2) is 48.5 Å². The standard InChI is InChI=1S/C18H16FNO/c1-11-9-12(2)17(14(19)10-11)18(21)16-8-7-13-5-3-4-6-15(13)20-16/h3-10,18,21H,1-2H3. The zero-order valence-corrected chi connectivity index (χ0v) is 12.0. The molecule has 106 valence electrons. The maximum Gasteiger partial charge on any atom is 0.129 e. The summed E-state index contributed by atoms with van der Waals surface area (Å²) in [6.07, 6.45) is -1.06. The number of fused-ring (bicyclic) bond motifs is 1. The van der Waals surface area contributed by atoms with E-state index in [1.54, 1.807) is 13.0 Å². The molecule has 3 heteroatoms. The van der Waals surface area contributed by atoms with E-state index in [1.807, 2.05) is 43.3 Å². The summed E-state index contributed by atoms with van der Waals surface area (Å²) in [5.74, 6) is -0.394. The van der Waals surface area contributed by atoms with Gasteiger partial charge in [-0.2, -0.15) is 0 Å². The molecule has 0 saturated heterocycles. The number of aliphatic hydroxyl groups excluding tert-OH is 1. The molecule has 2 aromatic carbocycles. The molecule has 0 amide bonds. The lowest BCUT2D eigenvalue weighted by atomic mass is 9.97. The smallest absolute Gasteiger partial charge is 0.129 e. The number of aromatic nitrogens is 1. The van der Waals surface area contributed by atoms with Gasteiger partial charge in [-0.15, -0.1) is 0 Å². The van der Waals surface area contributed by atoms with Crippen LogP contribution in [0.1, 0.15) is 28.5 Å². The van der Waals surface area contributed by atoms with Crippen LogP contribution >= 0.6 is 0 Å². The van der Waals surface area contributed by atoms with E-state index in [9.17, 15) is 9.50 Å². The van der Waals surface area contributed by atoms with E-state index in [-0.39, 0.29) is 0 Å². The molecule has 1 heterocycles. The number of aliphatic hydroxyl groups is 1. The van der Waals surface area contributed by atoms with Crippen molar-refractivity contribution in [1.82, 2.24) is 4.98 Å². The van der Waals surface area contributed by atoms with Gasteiger partial charge >= 0.3 is 0 Å².